The van der Waals surface area contributed by atoms with E-state index in [-0.39, 0.29) is 17.6 Å². The van der Waals surface area contributed by atoms with E-state index in [0.29, 0.717) is 30.8 Å². The van der Waals surface area contributed by atoms with Crippen LogP contribution in [0.25, 0.3) is 11.0 Å². The van der Waals surface area contributed by atoms with Crippen LogP contribution in [0, 0.1) is 0 Å². The summed E-state index contributed by atoms with van der Waals surface area (Å²) in [6, 6.07) is 5.30. The van der Waals surface area contributed by atoms with Crippen molar-refractivity contribution < 1.29 is 9.53 Å². The molecule has 0 spiro atoms. The molecule has 3 rings (SSSR count). The van der Waals surface area contributed by atoms with E-state index in [0.717, 1.165) is 12.1 Å². The molecule has 1 unspecified atom stereocenters. The number of aromatic nitrogens is 2. The molecule has 2 heterocycles. The van der Waals surface area contributed by atoms with Gasteiger partial charge in [-0.1, -0.05) is 0 Å². The highest BCUT2D eigenvalue weighted by molar-refractivity contribution is 5.93. The molecular weight excluding hydrogens is 260 g/mol. The smallest absolute Gasteiger partial charge is 0.323 e. The summed E-state index contributed by atoms with van der Waals surface area (Å²) >= 11 is 0. The van der Waals surface area contributed by atoms with Crippen molar-refractivity contribution in [3.05, 3.63) is 28.7 Å². The van der Waals surface area contributed by atoms with Gasteiger partial charge in [0, 0.05) is 24.7 Å². The van der Waals surface area contributed by atoms with E-state index in [1.165, 1.54) is 0 Å². The average molecular weight is 276 g/mol. The molecule has 4 N–H and O–H groups in total. The van der Waals surface area contributed by atoms with E-state index in [9.17, 15) is 9.59 Å². The van der Waals surface area contributed by atoms with Crippen molar-refractivity contribution in [1.29, 1.82) is 0 Å². The first kappa shape index (κ1) is 12.9. The molecule has 1 aromatic carbocycles. The summed E-state index contributed by atoms with van der Waals surface area (Å²) in [4.78, 5) is 28.4. The molecule has 0 bridgehead atoms. The molecule has 7 nitrogen and oxygen atoms in total. The largest absolute Gasteiger partial charge is 0.378 e. The number of fused-ring (bicyclic) bond motifs is 1. The lowest BCUT2D eigenvalue weighted by Gasteiger charge is -2.23. The van der Waals surface area contributed by atoms with Crippen molar-refractivity contribution in [3.8, 4) is 0 Å². The van der Waals surface area contributed by atoms with E-state index in [1.807, 2.05) is 0 Å². The van der Waals surface area contributed by atoms with Gasteiger partial charge in [-0.3, -0.25) is 4.79 Å². The van der Waals surface area contributed by atoms with Crippen LogP contribution in [0.3, 0.4) is 0 Å². The first-order valence-electron chi connectivity index (χ1n) is 6.54. The first-order chi connectivity index (χ1) is 9.70. The van der Waals surface area contributed by atoms with Gasteiger partial charge in [-0.05, 0) is 18.2 Å². The van der Waals surface area contributed by atoms with Crippen LogP contribution in [0.5, 0.6) is 0 Å². The fourth-order valence-electron chi connectivity index (χ4n) is 2.30. The molecule has 20 heavy (non-hydrogen) atoms. The molecule has 1 aliphatic rings. The molecular formula is C13H16N4O3. The Hall–Kier alpha value is -2.12. The summed E-state index contributed by atoms with van der Waals surface area (Å²) in [5.41, 5.74) is 1.80. The second kappa shape index (κ2) is 5.48. The molecule has 7 heteroatoms. The SMILES string of the molecule is O=C(CC1COCCN1)Nc1ccc2[nH]c(=O)[nH]c2c1. The minimum atomic E-state index is -0.257. The molecule has 1 atom stereocenters. The van der Waals surface area contributed by atoms with E-state index in [1.54, 1.807) is 18.2 Å². The van der Waals surface area contributed by atoms with Crippen molar-refractivity contribution in [1.82, 2.24) is 15.3 Å². The standard InChI is InChI=1S/C13H16N4O3/c18-12(6-9-7-20-4-3-14-9)15-8-1-2-10-11(5-8)17-13(19)16-10/h1-2,5,9,14H,3-4,6-7H2,(H,15,18)(H2,16,17,19). The number of anilines is 1. The summed E-state index contributed by atoms with van der Waals surface area (Å²) in [6.45, 7) is 2.02. The number of imidazole rings is 1. The number of hydrogen-bond acceptors (Lipinski definition) is 4. The fourth-order valence-corrected chi connectivity index (χ4v) is 2.30. The molecule has 1 saturated heterocycles. The predicted molar refractivity (Wildman–Crippen MR) is 74.8 cm³/mol. The lowest BCUT2D eigenvalue weighted by Crippen LogP contribution is -2.43. The number of H-pyrrole nitrogens is 2. The van der Waals surface area contributed by atoms with E-state index in [2.05, 4.69) is 20.6 Å². The Labute approximate surface area is 114 Å². The highest BCUT2D eigenvalue weighted by atomic mass is 16.5. The third-order valence-electron chi connectivity index (χ3n) is 3.23. The van der Waals surface area contributed by atoms with Gasteiger partial charge >= 0.3 is 5.69 Å². The zero-order valence-corrected chi connectivity index (χ0v) is 10.9. The Morgan fingerprint density at radius 1 is 1.35 bits per heavy atom. The van der Waals surface area contributed by atoms with Crippen LogP contribution >= 0.6 is 0 Å². The van der Waals surface area contributed by atoms with Gasteiger partial charge in [0.2, 0.25) is 5.91 Å². The molecule has 1 fully saturated rings. The van der Waals surface area contributed by atoms with Crippen LogP contribution in [0.15, 0.2) is 23.0 Å². The Bertz CT molecular complexity index is 670. The van der Waals surface area contributed by atoms with Crippen molar-refractivity contribution in [2.24, 2.45) is 0 Å². The van der Waals surface area contributed by atoms with Crippen LogP contribution in [0.1, 0.15) is 6.42 Å². The summed E-state index contributed by atoms with van der Waals surface area (Å²) in [6.07, 6.45) is 0.363. The quantitative estimate of drug-likeness (QED) is 0.642. The van der Waals surface area contributed by atoms with Crippen molar-refractivity contribution in [2.75, 3.05) is 25.1 Å². The predicted octanol–water partition coefficient (Wildman–Crippen LogP) is 0.173. The fraction of sp³-hybridized carbons (Fsp3) is 0.385. The molecule has 1 aliphatic heterocycles. The van der Waals surface area contributed by atoms with Crippen molar-refractivity contribution in [2.45, 2.75) is 12.5 Å². The maximum absolute atomic E-state index is 11.9. The van der Waals surface area contributed by atoms with Crippen molar-refractivity contribution in [3.63, 3.8) is 0 Å². The third-order valence-corrected chi connectivity index (χ3v) is 3.23. The number of morpholine rings is 1. The number of ether oxygens (including phenoxy) is 1. The van der Waals surface area contributed by atoms with Crippen molar-refractivity contribution >= 4 is 22.6 Å². The number of rotatable bonds is 3. The van der Waals surface area contributed by atoms with Gasteiger partial charge in [-0.2, -0.15) is 0 Å². The lowest BCUT2D eigenvalue weighted by atomic mass is 10.2. The van der Waals surface area contributed by atoms with E-state index in [4.69, 9.17) is 4.74 Å². The molecule has 0 radical (unpaired) electrons. The van der Waals surface area contributed by atoms with Gasteiger partial charge in [0.25, 0.3) is 0 Å². The highest BCUT2D eigenvalue weighted by Crippen LogP contribution is 2.15. The molecule has 2 aromatic rings. The maximum atomic E-state index is 11.9. The Balaban J connectivity index is 1.65. The topological polar surface area (TPSA) is 99.0 Å². The van der Waals surface area contributed by atoms with Crippen LogP contribution in [-0.4, -0.2) is 41.7 Å². The number of carbonyl (C=O) groups excluding carboxylic acids is 1. The van der Waals surface area contributed by atoms with Crippen LogP contribution in [-0.2, 0) is 9.53 Å². The van der Waals surface area contributed by atoms with Gasteiger partial charge in [-0.25, -0.2) is 4.79 Å². The second-order valence-corrected chi connectivity index (χ2v) is 4.82. The normalized spacial score (nSPS) is 19.1. The summed E-state index contributed by atoms with van der Waals surface area (Å²) in [7, 11) is 0. The zero-order chi connectivity index (χ0) is 13.9. The van der Waals surface area contributed by atoms with Gasteiger partial charge in [-0.15, -0.1) is 0 Å². The lowest BCUT2D eigenvalue weighted by molar-refractivity contribution is -0.117. The van der Waals surface area contributed by atoms with Crippen LogP contribution < -0.4 is 16.3 Å². The number of aromatic amines is 2. The third kappa shape index (κ3) is 2.89. The monoisotopic (exact) mass is 276 g/mol. The zero-order valence-electron chi connectivity index (χ0n) is 10.9. The number of benzene rings is 1. The van der Waals surface area contributed by atoms with E-state index < -0.39 is 0 Å². The van der Waals surface area contributed by atoms with Gasteiger partial charge in [0.15, 0.2) is 0 Å². The molecule has 0 aliphatic carbocycles. The Morgan fingerprint density at radius 3 is 3.00 bits per heavy atom. The van der Waals surface area contributed by atoms with Gasteiger partial charge in [0.1, 0.15) is 0 Å². The minimum absolute atomic E-state index is 0.0551. The molecule has 0 saturated carbocycles. The van der Waals surface area contributed by atoms with E-state index >= 15 is 0 Å². The summed E-state index contributed by atoms with van der Waals surface area (Å²) in [5.74, 6) is -0.0785. The van der Waals surface area contributed by atoms with Crippen LogP contribution in [0.4, 0.5) is 5.69 Å². The maximum Gasteiger partial charge on any atom is 0.323 e. The summed E-state index contributed by atoms with van der Waals surface area (Å²) < 4.78 is 5.31. The second-order valence-electron chi connectivity index (χ2n) is 4.82. The number of amides is 1. The number of hydrogen-bond donors (Lipinski definition) is 4. The molecule has 1 amide bonds. The minimum Gasteiger partial charge on any atom is -0.378 e. The number of nitrogens with one attached hydrogen (secondary N) is 4. The van der Waals surface area contributed by atoms with Gasteiger partial charge in [0.05, 0.1) is 24.2 Å². The first-order valence-corrected chi connectivity index (χ1v) is 6.54. The van der Waals surface area contributed by atoms with Crippen LogP contribution in [0.2, 0.25) is 0 Å². The summed E-state index contributed by atoms with van der Waals surface area (Å²) in [5, 5.41) is 6.05. The number of carbonyl (C=O) groups is 1. The average Bonchev–Trinajstić information content (AvgIpc) is 2.79. The highest BCUT2D eigenvalue weighted by Gasteiger charge is 2.16. The van der Waals surface area contributed by atoms with Gasteiger partial charge < -0.3 is 25.3 Å². The molecule has 106 valence electrons. The molecule has 1 aromatic heterocycles. The Kier molecular flexibility index (Phi) is 3.53. The Morgan fingerprint density at radius 2 is 2.20 bits per heavy atom.